The van der Waals surface area contributed by atoms with Crippen molar-refractivity contribution in [2.24, 2.45) is 0 Å². The molecule has 7 heteroatoms. The summed E-state index contributed by atoms with van der Waals surface area (Å²) in [5, 5.41) is 12.1. The molecule has 3 aromatic carbocycles. The van der Waals surface area contributed by atoms with E-state index in [2.05, 4.69) is 46.8 Å². The number of fused-ring (bicyclic) bond motifs is 3. The molecule has 3 aliphatic heterocycles. The summed E-state index contributed by atoms with van der Waals surface area (Å²) >= 11 is 0. The van der Waals surface area contributed by atoms with E-state index in [-0.39, 0.29) is 11.7 Å². The van der Waals surface area contributed by atoms with Gasteiger partial charge >= 0.3 is 6.11 Å². The molecule has 37 heavy (non-hydrogen) atoms. The first-order valence-electron chi connectivity index (χ1n) is 12.5. The molecule has 0 radical (unpaired) electrons. The van der Waals surface area contributed by atoms with Crippen LogP contribution in [0.2, 0.25) is 0 Å². The quantitative estimate of drug-likeness (QED) is 0.519. The van der Waals surface area contributed by atoms with Gasteiger partial charge in [0.25, 0.3) is 0 Å². The van der Waals surface area contributed by atoms with E-state index in [4.69, 9.17) is 4.74 Å². The molecule has 1 aliphatic carbocycles. The highest BCUT2D eigenvalue weighted by atomic mass is 19.3. The van der Waals surface area contributed by atoms with Crippen LogP contribution in [0.4, 0.5) is 8.78 Å². The maximum atomic E-state index is 13.7. The topological polar surface area (TPSA) is 62.4 Å². The van der Waals surface area contributed by atoms with Crippen LogP contribution in [0.5, 0.6) is 5.75 Å². The van der Waals surface area contributed by atoms with E-state index >= 15 is 0 Å². The average Bonchev–Trinajstić information content (AvgIpc) is 3.53. The number of halogens is 2. The lowest BCUT2D eigenvalue weighted by Gasteiger charge is -2.26. The zero-order valence-corrected chi connectivity index (χ0v) is 20.0. The van der Waals surface area contributed by atoms with Crippen LogP contribution in [0.3, 0.4) is 0 Å². The van der Waals surface area contributed by atoms with Gasteiger partial charge in [0.15, 0.2) is 0 Å². The second-order valence-corrected chi connectivity index (χ2v) is 10.2. The molecule has 3 aromatic rings. The van der Waals surface area contributed by atoms with Crippen LogP contribution in [0.1, 0.15) is 40.7 Å². The molecule has 1 saturated carbocycles. The summed E-state index contributed by atoms with van der Waals surface area (Å²) in [7, 11) is 0. The fourth-order valence-corrected chi connectivity index (χ4v) is 5.69. The predicted molar refractivity (Wildman–Crippen MR) is 137 cm³/mol. The SMILES string of the molecule is C=C1NCc2ccc(C3=c4ccccc4=CC(NC(=O)C4(c5ccc6c(c5)CC(F)(F)O6)CC4)N3)cc21. The number of nitrogens with one attached hydrogen (secondary N) is 3. The third kappa shape index (κ3) is 3.60. The number of hydrogen-bond acceptors (Lipinski definition) is 4. The van der Waals surface area contributed by atoms with Crippen molar-refractivity contribution in [1.29, 1.82) is 0 Å². The smallest absolute Gasteiger partial charge is 0.402 e. The van der Waals surface area contributed by atoms with Crippen molar-refractivity contribution in [2.75, 3.05) is 0 Å². The van der Waals surface area contributed by atoms with E-state index < -0.39 is 24.1 Å². The third-order valence-corrected chi connectivity index (χ3v) is 7.83. The summed E-state index contributed by atoms with van der Waals surface area (Å²) in [4.78, 5) is 13.6. The molecule has 3 heterocycles. The van der Waals surface area contributed by atoms with E-state index in [0.29, 0.717) is 18.4 Å². The fourth-order valence-electron chi connectivity index (χ4n) is 5.69. The van der Waals surface area contributed by atoms with Crippen LogP contribution >= 0.6 is 0 Å². The van der Waals surface area contributed by atoms with E-state index in [0.717, 1.165) is 45.1 Å². The Balaban J connectivity index is 1.19. The summed E-state index contributed by atoms with van der Waals surface area (Å²) in [6.07, 6.45) is -0.725. The lowest BCUT2D eigenvalue weighted by Crippen LogP contribution is -2.53. The minimum absolute atomic E-state index is 0.114. The highest BCUT2D eigenvalue weighted by Gasteiger charge is 2.52. The fraction of sp³-hybridized carbons (Fsp3) is 0.233. The Kier molecular flexibility index (Phi) is 4.59. The summed E-state index contributed by atoms with van der Waals surface area (Å²) in [5.74, 6) is 0.0763. The third-order valence-electron chi connectivity index (χ3n) is 7.83. The number of carbonyl (C=O) groups excluding carboxylic acids is 1. The van der Waals surface area contributed by atoms with Crippen LogP contribution in [0.25, 0.3) is 17.5 Å². The molecule has 1 atom stereocenters. The molecule has 4 aliphatic rings. The van der Waals surface area contributed by atoms with Gasteiger partial charge in [0.2, 0.25) is 5.91 Å². The maximum Gasteiger partial charge on any atom is 0.402 e. The Bertz CT molecular complexity index is 1620. The molecule has 0 bridgehead atoms. The molecule has 7 rings (SSSR count). The summed E-state index contributed by atoms with van der Waals surface area (Å²) in [6, 6.07) is 19.4. The molecule has 186 valence electrons. The first-order valence-corrected chi connectivity index (χ1v) is 12.5. The standard InChI is InChI=1S/C30H25F2N3O2/c1-17-24-13-19(6-7-20(24)16-33-17)27-23-5-3-2-4-18(23)14-26(34-27)35-28(36)29(10-11-29)22-8-9-25-21(12-22)15-30(31,32)37-25/h2-9,12-14,26,33-34H,1,10-11,15-16H2,(H,35,36). The summed E-state index contributed by atoms with van der Waals surface area (Å²) in [6.45, 7) is 4.89. The molecule has 0 aromatic heterocycles. The lowest BCUT2D eigenvalue weighted by atomic mass is 9.92. The normalized spacial score (nSPS) is 21.4. The highest BCUT2D eigenvalue weighted by molar-refractivity contribution is 5.92. The Morgan fingerprint density at radius 2 is 1.89 bits per heavy atom. The summed E-state index contributed by atoms with van der Waals surface area (Å²) in [5.41, 5.74) is 5.67. The van der Waals surface area contributed by atoms with Gasteiger partial charge < -0.3 is 20.7 Å². The van der Waals surface area contributed by atoms with Gasteiger partial charge in [-0.15, -0.1) is 0 Å². The van der Waals surface area contributed by atoms with Gasteiger partial charge in [0.05, 0.1) is 17.5 Å². The Morgan fingerprint density at radius 1 is 1.05 bits per heavy atom. The summed E-state index contributed by atoms with van der Waals surface area (Å²) < 4.78 is 32.2. The zero-order chi connectivity index (χ0) is 25.4. The van der Waals surface area contributed by atoms with Gasteiger partial charge in [-0.05, 0) is 53.0 Å². The van der Waals surface area contributed by atoms with E-state index in [9.17, 15) is 13.6 Å². The Labute approximate surface area is 212 Å². The van der Waals surface area contributed by atoms with Crippen LogP contribution in [0.15, 0.2) is 67.2 Å². The second kappa shape index (κ2) is 7.68. The number of hydrogen-bond donors (Lipinski definition) is 3. The molecule has 1 amide bonds. The molecule has 0 saturated heterocycles. The zero-order valence-electron chi connectivity index (χ0n) is 20.0. The van der Waals surface area contributed by atoms with Gasteiger partial charge in [0.1, 0.15) is 11.9 Å². The largest absolute Gasteiger partial charge is 0.432 e. The van der Waals surface area contributed by atoms with Crippen LogP contribution in [-0.2, 0) is 23.2 Å². The van der Waals surface area contributed by atoms with Gasteiger partial charge in [-0.3, -0.25) is 4.79 Å². The molecule has 0 spiro atoms. The molecular weight excluding hydrogens is 472 g/mol. The molecule has 3 N–H and O–H groups in total. The van der Waals surface area contributed by atoms with E-state index in [1.807, 2.05) is 24.3 Å². The van der Waals surface area contributed by atoms with Crippen molar-refractivity contribution in [2.45, 2.75) is 43.5 Å². The van der Waals surface area contributed by atoms with Crippen LogP contribution in [-0.4, -0.2) is 18.2 Å². The van der Waals surface area contributed by atoms with Gasteiger partial charge in [-0.2, -0.15) is 8.78 Å². The minimum atomic E-state index is -3.19. The van der Waals surface area contributed by atoms with Crippen molar-refractivity contribution in [1.82, 2.24) is 16.0 Å². The van der Waals surface area contributed by atoms with Crippen LogP contribution in [0, 0.1) is 0 Å². The Morgan fingerprint density at radius 3 is 2.73 bits per heavy atom. The molecule has 1 fully saturated rings. The number of ether oxygens (including phenoxy) is 1. The lowest BCUT2D eigenvalue weighted by molar-refractivity contribution is -0.159. The maximum absolute atomic E-state index is 13.7. The number of benzene rings is 3. The minimum Gasteiger partial charge on any atom is -0.432 e. The first kappa shape index (κ1) is 22.1. The highest BCUT2D eigenvalue weighted by Crippen LogP contribution is 2.50. The van der Waals surface area contributed by atoms with Crippen molar-refractivity contribution < 1.29 is 18.3 Å². The van der Waals surface area contributed by atoms with E-state index in [1.165, 1.54) is 5.56 Å². The first-order chi connectivity index (χ1) is 17.8. The number of amides is 1. The van der Waals surface area contributed by atoms with Crippen molar-refractivity contribution in [3.8, 4) is 5.75 Å². The number of carbonyl (C=O) groups is 1. The van der Waals surface area contributed by atoms with Crippen molar-refractivity contribution in [3.63, 3.8) is 0 Å². The Hall–Kier alpha value is -4.13. The number of rotatable bonds is 4. The number of alkyl halides is 2. The second-order valence-electron chi connectivity index (χ2n) is 10.2. The molecule has 1 unspecified atom stereocenters. The van der Waals surface area contributed by atoms with Crippen molar-refractivity contribution in [3.05, 3.63) is 105 Å². The van der Waals surface area contributed by atoms with Gasteiger partial charge in [0, 0.05) is 28.6 Å². The van der Waals surface area contributed by atoms with E-state index in [1.54, 1.807) is 18.2 Å². The van der Waals surface area contributed by atoms with Gasteiger partial charge in [-0.25, -0.2) is 0 Å². The monoisotopic (exact) mass is 497 g/mol. The van der Waals surface area contributed by atoms with Crippen molar-refractivity contribution >= 4 is 23.4 Å². The molecule has 5 nitrogen and oxygen atoms in total. The van der Waals surface area contributed by atoms with Crippen LogP contribution < -0.4 is 31.1 Å². The average molecular weight is 498 g/mol. The predicted octanol–water partition coefficient (Wildman–Crippen LogP) is 3.00. The van der Waals surface area contributed by atoms with Gasteiger partial charge in [-0.1, -0.05) is 55.1 Å². The molecular formula is C30H25F2N3O2.